The van der Waals surface area contributed by atoms with E-state index in [9.17, 15) is 4.79 Å². The van der Waals surface area contributed by atoms with Crippen molar-refractivity contribution in [2.45, 2.75) is 38.9 Å². The van der Waals surface area contributed by atoms with Crippen LogP contribution in [-0.2, 0) is 14.0 Å². The van der Waals surface area contributed by atoms with Gasteiger partial charge in [0.05, 0.1) is 6.61 Å². The van der Waals surface area contributed by atoms with Crippen molar-refractivity contribution >= 4 is 14.3 Å². The van der Waals surface area contributed by atoms with Gasteiger partial charge in [-0.05, 0) is 19.5 Å². The molecule has 1 unspecified atom stereocenters. The molecule has 0 aromatic carbocycles. The summed E-state index contributed by atoms with van der Waals surface area (Å²) in [6, 6.07) is 1.99. The fourth-order valence-electron chi connectivity index (χ4n) is 1.57. The van der Waals surface area contributed by atoms with Crippen molar-refractivity contribution in [2.75, 3.05) is 13.2 Å². The molecular formula is C11H22O3Si. The normalized spacial score (nSPS) is 14.3. The van der Waals surface area contributed by atoms with Gasteiger partial charge in [-0.2, -0.15) is 0 Å². The monoisotopic (exact) mass is 230 g/mol. The average Bonchev–Trinajstić information content (AvgIpc) is 2.18. The predicted octanol–water partition coefficient (Wildman–Crippen LogP) is 2.74. The van der Waals surface area contributed by atoms with Gasteiger partial charge in [-0.1, -0.05) is 19.9 Å². The summed E-state index contributed by atoms with van der Waals surface area (Å²) in [7, 11) is -1.64. The smallest absolute Gasteiger partial charge is 0.330 e. The highest BCUT2D eigenvalue weighted by atomic mass is 28.4. The molecule has 0 N–H and O–H groups in total. The molecule has 88 valence electrons. The topological polar surface area (TPSA) is 35.5 Å². The Kier molecular flexibility index (Phi) is 7.34. The molecule has 0 fully saturated rings. The molecule has 0 radical (unpaired) electrons. The zero-order valence-corrected chi connectivity index (χ0v) is 11.0. The average molecular weight is 230 g/mol. The zero-order valence-electron chi connectivity index (χ0n) is 10.0. The number of hydrogen-bond donors (Lipinski definition) is 0. The third kappa shape index (κ3) is 6.46. The zero-order chi connectivity index (χ0) is 11.7. The van der Waals surface area contributed by atoms with E-state index in [0.717, 1.165) is 25.1 Å². The fourth-order valence-corrected chi connectivity index (χ4v) is 4.40. The second-order valence-corrected chi connectivity index (χ2v) is 7.94. The van der Waals surface area contributed by atoms with Crippen molar-refractivity contribution in [3.8, 4) is 0 Å². The van der Waals surface area contributed by atoms with Crippen LogP contribution in [0.3, 0.4) is 0 Å². The van der Waals surface area contributed by atoms with Crippen LogP contribution in [0.25, 0.3) is 0 Å². The lowest BCUT2D eigenvalue weighted by molar-refractivity contribution is -0.137. The highest BCUT2D eigenvalue weighted by molar-refractivity contribution is 6.72. The van der Waals surface area contributed by atoms with E-state index in [1.807, 2.05) is 6.92 Å². The molecule has 0 rings (SSSR count). The van der Waals surface area contributed by atoms with Crippen LogP contribution in [0.1, 0.15) is 20.3 Å². The van der Waals surface area contributed by atoms with Gasteiger partial charge in [0, 0.05) is 18.7 Å². The first-order valence-corrected chi connectivity index (χ1v) is 8.33. The molecule has 0 saturated heterocycles. The van der Waals surface area contributed by atoms with Gasteiger partial charge < -0.3 is 9.16 Å². The summed E-state index contributed by atoms with van der Waals surface area (Å²) in [5.74, 6) is -0.348. The summed E-state index contributed by atoms with van der Waals surface area (Å²) in [6.07, 6.45) is 2.32. The Hall–Kier alpha value is -0.613. The van der Waals surface area contributed by atoms with Gasteiger partial charge >= 0.3 is 5.97 Å². The first kappa shape index (κ1) is 14.4. The van der Waals surface area contributed by atoms with Gasteiger partial charge in [-0.15, -0.1) is 0 Å². The SMILES string of the molecule is C=CC(=O)OCC[Si](C)(CCC)OCC. The minimum absolute atomic E-state index is 0.348. The van der Waals surface area contributed by atoms with Crippen LogP contribution >= 0.6 is 0 Å². The summed E-state index contributed by atoms with van der Waals surface area (Å²) < 4.78 is 10.8. The lowest BCUT2D eigenvalue weighted by Crippen LogP contribution is -2.35. The van der Waals surface area contributed by atoms with E-state index >= 15 is 0 Å². The summed E-state index contributed by atoms with van der Waals surface area (Å²) in [5, 5.41) is 0. The lowest BCUT2D eigenvalue weighted by atomic mass is 10.6. The largest absolute Gasteiger partial charge is 0.463 e. The van der Waals surface area contributed by atoms with E-state index in [1.54, 1.807) is 0 Å². The van der Waals surface area contributed by atoms with Crippen LogP contribution in [0.5, 0.6) is 0 Å². The minimum atomic E-state index is -1.64. The van der Waals surface area contributed by atoms with Crippen LogP contribution in [-0.4, -0.2) is 27.5 Å². The van der Waals surface area contributed by atoms with Gasteiger partial charge in [0.2, 0.25) is 0 Å². The molecule has 0 aliphatic carbocycles. The first-order chi connectivity index (χ1) is 7.08. The molecule has 0 bridgehead atoms. The molecule has 15 heavy (non-hydrogen) atoms. The van der Waals surface area contributed by atoms with Crippen molar-refractivity contribution in [3.63, 3.8) is 0 Å². The van der Waals surface area contributed by atoms with E-state index in [4.69, 9.17) is 9.16 Å². The highest BCUT2D eigenvalue weighted by Gasteiger charge is 2.27. The molecule has 4 heteroatoms. The van der Waals surface area contributed by atoms with Crippen molar-refractivity contribution in [1.82, 2.24) is 0 Å². The number of carbonyl (C=O) groups excluding carboxylic acids is 1. The summed E-state index contributed by atoms with van der Waals surface area (Å²) in [5.41, 5.74) is 0. The Morgan fingerprint density at radius 2 is 2.07 bits per heavy atom. The summed E-state index contributed by atoms with van der Waals surface area (Å²) in [4.78, 5) is 10.8. The van der Waals surface area contributed by atoms with E-state index in [1.165, 1.54) is 6.08 Å². The third-order valence-electron chi connectivity index (χ3n) is 2.31. The van der Waals surface area contributed by atoms with Gasteiger partial charge in [0.1, 0.15) is 0 Å². The summed E-state index contributed by atoms with van der Waals surface area (Å²) in [6.45, 7) is 10.9. The molecule has 0 spiro atoms. The van der Waals surface area contributed by atoms with Crippen molar-refractivity contribution in [1.29, 1.82) is 0 Å². The maximum Gasteiger partial charge on any atom is 0.330 e. The van der Waals surface area contributed by atoms with Gasteiger partial charge in [0.15, 0.2) is 8.32 Å². The van der Waals surface area contributed by atoms with E-state index in [0.29, 0.717) is 6.61 Å². The molecule has 0 aromatic heterocycles. The van der Waals surface area contributed by atoms with E-state index in [2.05, 4.69) is 20.0 Å². The number of hydrogen-bond acceptors (Lipinski definition) is 3. The second kappa shape index (κ2) is 7.65. The van der Waals surface area contributed by atoms with E-state index < -0.39 is 8.32 Å². The Balaban J connectivity index is 3.94. The number of carbonyl (C=O) groups is 1. The molecule has 3 nitrogen and oxygen atoms in total. The minimum Gasteiger partial charge on any atom is -0.463 e. The molecular weight excluding hydrogens is 208 g/mol. The number of esters is 1. The molecule has 0 aliphatic heterocycles. The van der Waals surface area contributed by atoms with Crippen molar-refractivity contribution in [3.05, 3.63) is 12.7 Å². The van der Waals surface area contributed by atoms with Crippen LogP contribution in [0.4, 0.5) is 0 Å². The maximum absolute atomic E-state index is 10.8. The maximum atomic E-state index is 10.8. The standard InChI is InChI=1S/C11H22O3Si/c1-5-9-15(4,14-7-3)10-8-13-11(12)6-2/h6H,2,5,7-10H2,1,3-4H3. The Morgan fingerprint density at radius 3 is 2.53 bits per heavy atom. The van der Waals surface area contributed by atoms with Crippen molar-refractivity contribution < 1.29 is 14.0 Å². The molecule has 0 saturated carbocycles. The second-order valence-electron chi connectivity index (χ2n) is 3.75. The van der Waals surface area contributed by atoms with Gasteiger partial charge in [-0.3, -0.25) is 0 Å². The lowest BCUT2D eigenvalue weighted by Gasteiger charge is -2.26. The van der Waals surface area contributed by atoms with Gasteiger partial charge in [0.25, 0.3) is 0 Å². The van der Waals surface area contributed by atoms with Crippen molar-refractivity contribution in [2.24, 2.45) is 0 Å². The molecule has 0 amide bonds. The molecule has 0 aromatic rings. The Morgan fingerprint density at radius 1 is 1.40 bits per heavy atom. The van der Waals surface area contributed by atoms with Gasteiger partial charge in [-0.25, -0.2) is 4.79 Å². The Labute approximate surface area is 93.6 Å². The molecule has 1 atom stereocenters. The summed E-state index contributed by atoms with van der Waals surface area (Å²) >= 11 is 0. The Bertz CT molecular complexity index is 198. The first-order valence-electron chi connectivity index (χ1n) is 5.51. The fraction of sp³-hybridized carbons (Fsp3) is 0.727. The third-order valence-corrected chi connectivity index (χ3v) is 6.12. The van der Waals surface area contributed by atoms with Crippen LogP contribution in [0.2, 0.25) is 18.6 Å². The quantitative estimate of drug-likeness (QED) is 0.365. The molecule has 0 heterocycles. The van der Waals surface area contributed by atoms with E-state index in [-0.39, 0.29) is 5.97 Å². The van der Waals surface area contributed by atoms with Crippen LogP contribution in [0, 0.1) is 0 Å². The van der Waals surface area contributed by atoms with Crippen LogP contribution in [0.15, 0.2) is 12.7 Å². The highest BCUT2D eigenvalue weighted by Crippen LogP contribution is 2.19. The predicted molar refractivity (Wildman–Crippen MR) is 64.3 cm³/mol. The van der Waals surface area contributed by atoms with Crippen LogP contribution < -0.4 is 0 Å². The number of rotatable bonds is 8. The number of ether oxygens (including phenoxy) is 1. The molecule has 0 aliphatic rings.